The molecule has 0 saturated carbocycles. The molecule has 0 radical (unpaired) electrons. The van der Waals surface area contributed by atoms with E-state index < -0.39 is 41.2 Å². The third-order valence-corrected chi connectivity index (χ3v) is 7.66. The van der Waals surface area contributed by atoms with Gasteiger partial charge in [-0.05, 0) is 36.6 Å². The van der Waals surface area contributed by atoms with Gasteiger partial charge < -0.3 is 30.0 Å². The zero-order chi connectivity index (χ0) is 24.5. The van der Waals surface area contributed by atoms with Gasteiger partial charge in [-0.15, -0.1) is 0 Å². The molecule has 2 fully saturated rings. The molecule has 35 heavy (non-hydrogen) atoms. The molecule has 2 saturated heterocycles. The Morgan fingerprint density at radius 1 is 1.17 bits per heavy atom. The van der Waals surface area contributed by atoms with Gasteiger partial charge in [0.25, 0.3) is 5.91 Å². The summed E-state index contributed by atoms with van der Waals surface area (Å²) in [6.45, 7) is 2.00. The summed E-state index contributed by atoms with van der Waals surface area (Å²) in [6, 6.07) is 10.1. The Bertz CT molecular complexity index is 1310. The van der Waals surface area contributed by atoms with Gasteiger partial charge in [0.2, 0.25) is 24.1 Å². The van der Waals surface area contributed by atoms with Crippen molar-refractivity contribution in [2.24, 2.45) is 11.8 Å². The van der Waals surface area contributed by atoms with Crippen LogP contribution in [0, 0.1) is 18.8 Å². The molecule has 10 heteroatoms. The number of nitrogens with two attached hydrogens (primary N) is 1. The van der Waals surface area contributed by atoms with E-state index in [2.05, 4.69) is 5.32 Å². The van der Waals surface area contributed by atoms with E-state index in [1.807, 2.05) is 19.1 Å². The number of para-hydroxylation sites is 1. The lowest BCUT2D eigenvalue weighted by atomic mass is 9.76. The topological polar surface area (TPSA) is 142 Å². The minimum Gasteiger partial charge on any atom is -0.550 e. The number of hydrogen-bond donors (Lipinski definition) is 2. The zero-order valence-corrected chi connectivity index (χ0v) is 18.9. The number of aryl methyl sites for hydroxylation is 1. The Kier molecular flexibility index (Phi) is 4.65. The lowest BCUT2D eigenvalue weighted by Gasteiger charge is -2.26. The monoisotopic (exact) mass is 477 g/mol. The van der Waals surface area contributed by atoms with Gasteiger partial charge in [-0.3, -0.25) is 19.3 Å². The third-order valence-electron chi connectivity index (χ3n) is 7.66. The highest BCUT2D eigenvalue weighted by atomic mass is 16.7. The van der Waals surface area contributed by atoms with Gasteiger partial charge in [-0.1, -0.05) is 24.3 Å². The maximum absolute atomic E-state index is 13.8. The Morgan fingerprint density at radius 2 is 1.97 bits per heavy atom. The average Bonchev–Trinajstić information content (AvgIpc) is 3.55. The predicted molar refractivity (Wildman–Crippen MR) is 117 cm³/mol. The SMILES string of the molecule is Cc1cccc2c1NC(=O)[C@@]21[NH2+][C@@H](CCC(=O)[O-])[C@H]2C(=O)N(Cc3ccc4c(c3)OCO4)C(=O)[C@H]21. The molecular formula is C25H23N3O7. The van der Waals surface area contributed by atoms with Crippen LogP contribution in [-0.2, 0) is 31.3 Å². The van der Waals surface area contributed by atoms with E-state index in [0.29, 0.717) is 28.3 Å². The lowest BCUT2D eigenvalue weighted by Crippen LogP contribution is -2.99. The number of hydrogen-bond acceptors (Lipinski definition) is 7. The van der Waals surface area contributed by atoms with Crippen LogP contribution in [0.3, 0.4) is 0 Å². The second-order valence-electron chi connectivity index (χ2n) is 9.52. The zero-order valence-electron chi connectivity index (χ0n) is 18.9. The number of imide groups is 1. The van der Waals surface area contributed by atoms with Crippen LogP contribution in [0.15, 0.2) is 36.4 Å². The molecule has 3 N–H and O–H groups in total. The Balaban J connectivity index is 1.40. The van der Waals surface area contributed by atoms with Crippen molar-refractivity contribution >= 4 is 29.4 Å². The van der Waals surface area contributed by atoms with Gasteiger partial charge in [0.15, 0.2) is 11.5 Å². The summed E-state index contributed by atoms with van der Waals surface area (Å²) in [4.78, 5) is 53.4. The largest absolute Gasteiger partial charge is 0.550 e. The predicted octanol–water partition coefficient (Wildman–Crippen LogP) is -0.852. The van der Waals surface area contributed by atoms with E-state index in [1.54, 1.807) is 29.6 Å². The number of ether oxygens (including phenoxy) is 2. The van der Waals surface area contributed by atoms with Gasteiger partial charge in [0, 0.05) is 18.0 Å². The highest BCUT2D eigenvalue weighted by Gasteiger charge is 2.74. The number of carboxylic acids is 1. The molecule has 4 aliphatic heterocycles. The number of anilines is 1. The summed E-state index contributed by atoms with van der Waals surface area (Å²) < 4.78 is 10.7. The van der Waals surface area contributed by atoms with E-state index in [-0.39, 0.29) is 32.1 Å². The standard InChI is InChI=1S/C25H23N3O7/c1-12-3-2-4-14-21(12)26-24(33)25(14)20-19(15(27-25)6-8-18(29)30)22(31)28(23(20)32)10-13-5-7-16-17(9-13)35-11-34-16/h2-5,7,9,15,19-20,27H,6,8,10-11H2,1H3,(H,26,33)(H,29,30)/t15-,19+,20-,25+/m0/s1. The van der Waals surface area contributed by atoms with Gasteiger partial charge in [0.1, 0.15) is 17.9 Å². The van der Waals surface area contributed by atoms with Crippen molar-refractivity contribution in [2.45, 2.75) is 37.9 Å². The number of quaternary nitrogens is 1. The van der Waals surface area contributed by atoms with Gasteiger partial charge >= 0.3 is 0 Å². The maximum atomic E-state index is 13.8. The summed E-state index contributed by atoms with van der Waals surface area (Å²) in [5.41, 5.74) is 1.50. The molecule has 4 heterocycles. The van der Waals surface area contributed by atoms with Crippen molar-refractivity contribution in [1.29, 1.82) is 0 Å². The smallest absolute Gasteiger partial charge is 0.291 e. The lowest BCUT2D eigenvalue weighted by molar-refractivity contribution is -0.734. The number of likely N-dealkylation sites (tertiary alicyclic amines) is 1. The Labute approximate surface area is 200 Å². The van der Waals surface area contributed by atoms with Crippen molar-refractivity contribution in [2.75, 3.05) is 12.1 Å². The fourth-order valence-corrected chi connectivity index (χ4v) is 6.12. The summed E-state index contributed by atoms with van der Waals surface area (Å²) in [6.07, 6.45) is -0.164. The number of carbonyl (C=O) groups is 4. The van der Waals surface area contributed by atoms with Crippen molar-refractivity contribution in [3.05, 3.63) is 53.1 Å². The number of carbonyl (C=O) groups excluding carboxylic acids is 4. The average molecular weight is 477 g/mol. The molecule has 180 valence electrons. The molecule has 0 unspecified atom stereocenters. The molecule has 2 aromatic rings. The van der Waals surface area contributed by atoms with Crippen LogP contribution in [0.1, 0.15) is 29.5 Å². The quantitative estimate of drug-likeness (QED) is 0.534. The first-order valence-electron chi connectivity index (χ1n) is 11.5. The number of benzene rings is 2. The second kappa shape index (κ2) is 7.54. The first-order chi connectivity index (χ1) is 16.8. The number of nitrogens with zero attached hydrogens (tertiary/aromatic N) is 1. The van der Waals surface area contributed by atoms with E-state index in [4.69, 9.17) is 9.47 Å². The highest BCUT2D eigenvalue weighted by Crippen LogP contribution is 2.50. The number of nitrogens with one attached hydrogen (secondary N) is 1. The van der Waals surface area contributed by atoms with Gasteiger partial charge in [-0.2, -0.15) is 0 Å². The number of aliphatic carboxylic acids is 1. The molecule has 0 aromatic heterocycles. The number of fused-ring (bicyclic) bond motifs is 5. The Morgan fingerprint density at radius 3 is 2.77 bits per heavy atom. The number of amides is 3. The van der Waals surface area contributed by atoms with Gasteiger partial charge in [-0.25, -0.2) is 0 Å². The van der Waals surface area contributed by atoms with Crippen LogP contribution in [0.4, 0.5) is 5.69 Å². The van der Waals surface area contributed by atoms with E-state index in [1.165, 1.54) is 4.90 Å². The first kappa shape index (κ1) is 21.6. The maximum Gasteiger partial charge on any atom is 0.291 e. The highest BCUT2D eigenvalue weighted by molar-refractivity contribution is 6.14. The van der Waals surface area contributed by atoms with Crippen LogP contribution in [0.5, 0.6) is 11.5 Å². The molecule has 0 aliphatic carbocycles. The van der Waals surface area contributed by atoms with E-state index in [0.717, 1.165) is 5.56 Å². The van der Waals surface area contributed by atoms with Crippen molar-refractivity contribution in [1.82, 2.24) is 4.90 Å². The van der Waals surface area contributed by atoms with Crippen LogP contribution in [-0.4, -0.2) is 41.4 Å². The third kappa shape index (κ3) is 2.99. The molecule has 3 amide bonds. The Hall–Kier alpha value is -3.92. The number of carboxylic acid groups (broad SMARTS) is 1. The summed E-state index contributed by atoms with van der Waals surface area (Å²) in [5.74, 6) is -3.08. The summed E-state index contributed by atoms with van der Waals surface area (Å²) >= 11 is 0. The number of rotatable bonds is 5. The minimum absolute atomic E-state index is 0.0207. The molecule has 1 spiro atoms. The summed E-state index contributed by atoms with van der Waals surface area (Å²) in [5, 5.41) is 15.9. The molecular weight excluding hydrogens is 454 g/mol. The van der Waals surface area contributed by atoms with E-state index in [9.17, 15) is 24.3 Å². The van der Waals surface area contributed by atoms with Crippen LogP contribution in [0.25, 0.3) is 0 Å². The molecule has 2 aromatic carbocycles. The van der Waals surface area contributed by atoms with Crippen molar-refractivity contribution < 1.29 is 39.1 Å². The van der Waals surface area contributed by atoms with Gasteiger partial charge in [0.05, 0.1) is 12.2 Å². The molecule has 4 atom stereocenters. The molecule has 6 rings (SSSR count). The molecule has 10 nitrogen and oxygen atoms in total. The second-order valence-corrected chi connectivity index (χ2v) is 9.52. The minimum atomic E-state index is -1.33. The fraction of sp³-hybridized carbons (Fsp3) is 0.360. The summed E-state index contributed by atoms with van der Waals surface area (Å²) in [7, 11) is 0. The van der Waals surface area contributed by atoms with Crippen molar-refractivity contribution in [3.8, 4) is 11.5 Å². The molecule has 0 bridgehead atoms. The van der Waals surface area contributed by atoms with Crippen LogP contribution >= 0.6 is 0 Å². The van der Waals surface area contributed by atoms with E-state index >= 15 is 0 Å². The molecule has 4 aliphatic rings. The van der Waals surface area contributed by atoms with Crippen LogP contribution in [0.2, 0.25) is 0 Å². The first-order valence-corrected chi connectivity index (χ1v) is 11.5. The van der Waals surface area contributed by atoms with Crippen LogP contribution < -0.4 is 25.2 Å². The normalized spacial score (nSPS) is 28.0. The fourth-order valence-electron chi connectivity index (χ4n) is 6.12. The van der Waals surface area contributed by atoms with Crippen molar-refractivity contribution in [3.63, 3.8) is 0 Å².